The lowest BCUT2D eigenvalue weighted by atomic mass is 10.1. The zero-order valence-electron chi connectivity index (χ0n) is 14.8. The maximum Gasteiger partial charge on any atom is 0.243 e. The number of amides is 1. The SMILES string of the molecule is Cc1ccc(CN(CC(=O)NCCCO)S(=O)(=O)c2ccccc2)cc1. The second kappa shape index (κ2) is 9.47. The number of sulfonamides is 1. The molecule has 2 N–H and O–H groups in total. The molecule has 0 unspecified atom stereocenters. The molecule has 0 saturated carbocycles. The second-order valence-corrected chi connectivity index (χ2v) is 7.94. The average Bonchev–Trinajstić information content (AvgIpc) is 2.64. The summed E-state index contributed by atoms with van der Waals surface area (Å²) in [5, 5.41) is 11.4. The van der Waals surface area contributed by atoms with E-state index in [-0.39, 0.29) is 24.6 Å². The Morgan fingerprint density at radius 3 is 2.35 bits per heavy atom. The van der Waals surface area contributed by atoms with Gasteiger partial charge in [0.05, 0.1) is 11.4 Å². The molecule has 0 bridgehead atoms. The summed E-state index contributed by atoms with van der Waals surface area (Å²) in [6.45, 7) is 2.05. The van der Waals surface area contributed by atoms with Crippen molar-refractivity contribution in [2.45, 2.75) is 24.8 Å². The fourth-order valence-electron chi connectivity index (χ4n) is 2.39. The molecule has 2 rings (SSSR count). The number of nitrogens with zero attached hydrogens (tertiary/aromatic N) is 1. The van der Waals surface area contributed by atoms with E-state index in [9.17, 15) is 13.2 Å². The number of aliphatic hydroxyl groups is 1. The van der Waals surface area contributed by atoms with Crippen molar-refractivity contribution >= 4 is 15.9 Å². The third-order valence-electron chi connectivity index (χ3n) is 3.84. The Morgan fingerprint density at radius 1 is 1.08 bits per heavy atom. The highest BCUT2D eigenvalue weighted by atomic mass is 32.2. The van der Waals surface area contributed by atoms with E-state index in [4.69, 9.17) is 5.11 Å². The van der Waals surface area contributed by atoms with Crippen molar-refractivity contribution in [3.05, 3.63) is 65.7 Å². The maximum absolute atomic E-state index is 13.0. The van der Waals surface area contributed by atoms with Crippen LogP contribution in [0.25, 0.3) is 0 Å². The Morgan fingerprint density at radius 2 is 1.73 bits per heavy atom. The van der Waals surface area contributed by atoms with Crippen LogP contribution in [0.1, 0.15) is 17.5 Å². The fourth-order valence-corrected chi connectivity index (χ4v) is 3.79. The molecular weight excluding hydrogens is 352 g/mol. The van der Waals surface area contributed by atoms with Crippen LogP contribution in [-0.2, 0) is 21.4 Å². The van der Waals surface area contributed by atoms with E-state index in [0.717, 1.165) is 11.1 Å². The summed E-state index contributed by atoms with van der Waals surface area (Å²) in [4.78, 5) is 12.3. The minimum absolute atomic E-state index is 0.0321. The molecule has 2 aromatic carbocycles. The van der Waals surface area contributed by atoms with Gasteiger partial charge >= 0.3 is 0 Å². The van der Waals surface area contributed by atoms with Crippen LogP contribution in [0.4, 0.5) is 0 Å². The molecule has 0 aliphatic carbocycles. The largest absolute Gasteiger partial charge is 0.396 e. The van der Waals surface area contributed by atoms with E-state index in [1.165, 1.54) is 16.4 Å². The molecule has 0 radical (unpaired) electrons. The van der Waals surface area contributed by atoms with Crippen LogP contribution in [0.15, 0.2) is 59.5 Å². The molecule has 0 heterocycles. The van der Waals surface area contributed by atoms with Gasteiger partial charge in [-0.15, -0.1) is 0 Å². The number of hydrogen-bond acceptors (Lipinski definition) is 4. The Hall–Kier alpha value is -2.22. The molecule has 0 saturated heterocycles. The van der Waals surface area contributed by atoms with Gasteiger partial charge in [-0.05, 0) is 31.0 Å². The van der Waals surface area contributed by atoms with Crippen molar-refractivity contribution in [1.29, 1.82) is 0 Å². The predicted molar refractivity (Wildman–Crippen MR) is 99.9 cm³/mol. The first-order chi connectivity index (χ1) is 12.4. The van der Waals surface area contributed by atoms with Gasteiger partial charge in [-0.1, -0.05) is 48.0 Å². The normalized spacial score (nSPS) is 11.5. The van der Waals surface area contributed by atoms with Gasteiger partial charge in [-0.3, -0.25) is 4.79 Å². The van der Waals surface area contributed by atoms with Crippen LogP contribution in [0.2, 0.25) is 0 Å². The minimum Gasteiger partial charge on any atom is -0.396 e. The topological polar surface area (TPSA) is 86.7 Å². The van der Waals surface area contributed by atoms with E-state index in [1.54, 1.807) is 18.2 Å². The molecule has 0 aromatic heterocycles. The summed E-state index contributed by atoms with van der Waals surface area (Å²) in [7, 11) is -3.81. The summed E-state index contributed by atoms with van der Waals surface area (Å²) >= 11 is 0. The molecule has 140 valence electrons. The Bertz CT molecular complexity index is 805. The Labute approximate surface area is 154 Å². The van der Waals surface area contributed by atoms with Crippen LogP contribution < -0.4 is 5.32 Å². The van der Waals surface area contributed by atoms with E-state index >= 15 is 0 Å². The highest BCUT2D eigenvalue weighted by Crippen LogP contribution is 2.18. The number of rotatable bonds is 9. The van der Waals surface area contributed by atoms with Gasteiger partial charge in [0.2, 0.25) is 15.9 Å². The van der Waals surface area contributed by atoms with Crippen LogP contribution in [-0.4, -0.2) is 43.4 Å². The number of carbonyl (C=O) groups excluding carboxylic acids is 1. The highest BCUT2D eigenvalue weighted by Gasteiger charge is 2.26. The van der Waals surface area contributed by atoms with Gasteiger partial charge < -0.3 is 10.4 Å². The zero-order valence-corrected chi connectivity index (χ0v) is 15.6. The summed E-state index contributed by atoms with van der Waals surface area (Å²) in [6.07, 6.45) is 0.426. The van der Waals surface area contributed by atoms with Gasteiger partial charge in [0.25, 0.3) is 0 Å². The second-order valence-electron chi connectivity index (χ2n) is 6.00. The Balaban J connectivity index is 2.23. The smallest absolute Gasteiger partial charge is 0.243 e. The van der Waals surface area contributed by atoms with E-state index < -0.39 is 15.9 Å². The van der Waals surface area contributed by atoms with Crippen molar-refractivity contribution in [1.82, 2.24) is 9.62 Å². The van der Waals surface area contributed by atoms with E-state index in [0.29, 0.717) is 13.0 Å². The van der Waals surface area contributed by atoms with Crippen molar-refractivity contribution in [2.75, 3.05) is 19.7 Å². The van der Waals surface area contributed by atoms with Crippen molar-refractivity contribution in [3.8, 4) is 0 Å². The first-order valence-corrected chi connectivity index (χ1v) is 9.86. The van der Waals surface area contributed by atoms with Gasteiger partial charge in [0, 0.05) is 19.7 Å². The fraction of sp³-hybridized carbons (Fsp3) is 0.316. The van der Waals surface area contributed by atoms with Gasteiger partial charge in [0.15, 0.2) is 0 Å². The third-order valence-corrected chi connectivity index (χ3v) is 5.64. The highest BCUT2D eigenvalue weighted by molar-refractivity contribution is 7.89. The lowest BCUT2D eigenvalue weighted by Gasteiger charge is -2.22. The van der Waals surface area contributed by atoms with E-state index in [1.807, 2.05) is 31.2 Å². The summed E-state index contributed by atoms with van der Waals surface area (Å²) in [6, 6.07) is 15.6. The minimum atomic E-state index is -3.81. The zero-order chi connectivity index (χ0) is 19.0. The number of carbonyl (C=O) groups is 1. The van der Waals surface area contributed by atoms with E-state index in [2.05, 4.69) is 5.32 Å². The predicted octanol–water partition coefficient (Wildman–Crippen LogP) is 1.68. The quantitative estimate of drug-likeness (QED) is 0.652. The summed E-state index contributed by atoms with van der Waals surface area (Å²) in [5.74, 6) is -0.398. The molecule has 6 nitrogen and oxygen atoms in total. The number of benzene rings is 2. The molecule has 26 heavy (non-hydrogen) atoms. The molecule has 7 heteroatoms. The molecule has 0 fully saturated rings. The van der Waals surface area contributed by atoms with Crippen molar-refractivity contribution in [2.24, 2.45) is 0 Å². The lowest BCUT2D eigenvalue weighted by molar-refractivity contribution is -0.121. The average molecular weight is 376 g/mol. The van der Waals surface area contributed by atoms with Gasteiger partial charge in [0.1, 0.15) is 0 Å². The molecule has 0 aliphatic rings. The van der Waals surface area contributed by atoms with Crippen LogP contribution in [0, 0.1) is 6.92 Å². The summed E-state index contributed by atoms with van der Waals surface area (Å²) in [5.41, 5.74) is 1.88. The van der Waals surface area contributed by atoms with Crippen LogP contribution in [0.3, 0.4) is 0 Å². The lowest BCUT2D eigenvalue weighted by Crippen LogP contribution is -2.40. The Kier molecular flexibility index (Phi) is 7.32. The number of aliphatic hydroxyl groups excluding tert-OH is 1. The molecule has 1 amide bonds. The van der Waals surface area contributed by atoms with Gasteiger partial charge in [-0.25, -0.2) is 8.42 Å². The molecule has 0 spiro atoms. The first-order valence-electron chi connectivity index (χ1n) is 8.42. The molecular formula is C19H24N2O4S. The third kappa shape index (κ3) is 5.66. The van der Waals surface area contributed by atoms with Crippen molar-refractivity contribution < 1.29 is 18.3 Å². The molecule has 0 atom stereocenters. The number of nitrogens with one attached hydrogen (secondary N) is 1. The standard InChI is InChI=1S/C19H24N2O4S/c1-16-8-10-17(11-9-16)14-21(15-19(23)20-12-5-13-22)26(24,25)18-6-3-2-4-7-18/h2-4,6-11,22H,5,12-15H2,1H3,(H,20,23). The summed E-state index contributed by atoms with van der Waals surface area (Å²) < 4.78 is 27.1. The molecule has 0 aliphatic heterocycles. The monoisotopic (exact) mass is 376 g/mol. The number of hydrogen-bond donors (Lipinski definition) is 2. The van der Waals surface area contributed by atoms with Crippen LogP contribution in [0.5, 0.6) is 0 Å². The maximum atomic E-state index is 13.0. The van der Waals surface area contributed by atoms with Gasteiger partial charge in [-0.2, -0.15) is 4.31 Å². The molecule has 2 aromatic rings. The number of aryl methyl sites for hydroxylation is 1. The first kappa shape index (κ1) is 20.1. The van der Waals surface area contributed by atoms with Crippen molar-refractivity contribution in [3.63, 3.8) is 0 Å². The van der Waals surface area contributed by atoms with Crippen LogP contribution >= 0.6 is 0 Å².